The van der Waals surface area contributed by atoms with Crippen molar-refractivity contribution in [3.63, 3.8) is 0 Å². The van der Waals surface area contributed by atoms with Crippen molar-refractivity contribution in [2.75, 3.05) is 45.3 Å². The zero-order valence-electron chi connectivity index (χ0n) is 20.5. The maximum atomic E-state index is 12.1. The molecule has 4 rings (SSSR count). The van der Waals surface area contributed by atoms with Crippen molar-refractivity contribution in [3.05, 3.63) is 53.2 Å². The molecule has 1 N–H and O–H groups in total. The smallest absolute Gasteiger partial charge is 0.141 e. The van der Waals surface area contributed by atoms with Crippen molar-refractivity contribution >= 4 is 12.1 Å². The third-order valence-corrected chi connectivity index (χ3v) is 7.12. The number of likely N-dealkylation sites (tertiary alicyclic amines) is 1. The zero-order valence-corrected chi connectivity index (χ0v) is 20.5. The quantitative estimate of drug-likeness (QED) is 0.338. The minimum atomic E-state index is -0.243. The molecule has 2 aromatic rings. The highest BCUT2D eigenvalue weighted by Crippen LogP contribution is 2.33. The summed E-state index contributed by atoms with van der Waals surface area (Å²) >= 11 is 0. The Hall–Kier alpha value is -2.44. The van der Waals surface area contributed by atoms with E-state index >= 15 is 0 Å². The molecule has 2 aliphatic heterocycles. The summed E-state index contributed by atoms with van der Waals surface area (Å²) in [6.07, 6.45) is 10.5. The molecule has 2 atom stereocenters. The average molecular weight is 466 g/mol. The van der Waals surface area contributed by atoms with Gasteiger partial charge in [-0.1, -0.05) is 37.1 Å². The molecule has 0 saturated carbocycles. The van der Waals surface area contributed by atoms with Crippen molar-refractivity contribution in [1.29, 1.82) is 0 Å². The Balaban J connectivity index is 1.20. The van der Waals surface area contributed by atoms with Crippen LogP contribution in [0.1, 0.15) is 61.4 Å². The standard InChI is InChI=1S/C28H39N3O3/c1-33-18-19-34-27-12-6-5-11-25(27)26(21-32)31-17-15-22(20-31)8-3-2-4-10-24-14-13-23-9-7-16-29-28(23)30-24/h5-6,11-14,21-22,26H,2-4,7-10,15-20H2,1H3,(H,29,30)/t22-,26-/m1/s1. The van der Waals surface area contributed by atoms with E-state index in [1.807, 2.05) is 24.3 Å². The van der Waals surface area contributed by atoms with E-state index in [1.54, 1.807) is 7.11 Å². The van der Waals surface area contributed by atoms with Crippen LogP contribution in [0.3, 0.4) is 0 Å². The first-order valence-electron chi connectivity index (χ1n) is 12.9. The third kappa shape index (κ3) is 6.57. The van der Waals surface area contributed by atoms with Gasteiger partial charge in [-0.2, -0.15) is 0 Å². The van der Waals surface area contributed by atoms with Gasteiger partial charge in [-0.05, 0) is 68.7 Å². The highest BCUT2D eigenvalue weighted by atomic mass is 16.5. The van der Waals surface area contributed by atoms with E-state index in [0.29, 0.717) is 19.1 Å². The number of methoxy groups -OCH3 is 1. The van der Waals surface area contributed by atoms with Crippen LogP contribution in [0.2, 0.25) is 0 Å². The van der Waals surface area contributed by atoms with Crippen LogP contribution in [0.15, 0.2) is 36.4 Å². The number of anilines is 1. The second kappa shape index (κ2) is 12.9. The monoisotopic (exact) mass is 465 g/mol. The lowest BCUT2D eigenvalue weighted by atomic mass is 9.99. The molecular formula is C28H39N3O3. The molecule has 2 aliphatic rings. The van der Waals surface area contributed by atoms with E-state index in [0.717, 1.165) is 62.3 Å². The van der Waals surface area contributed by atoms with Crippen LogP contribution in [0, 0.1) is 5.92 Å². The first-order valence-corrected chi connectivity index (χ1v) is 12.9. The number of carbonyl (C=O) groups excluding carboxylic acids is 1. The summed E-state index contributed by atoms with van der Waals surface area (Å²) in [6.45, 7) is 4.00. The molecule has 1 aromatic carbocycles. The first-order chi connectivity index (χ1) is 16.8. The van der Waals surface area contributed by atoms with Gasteiger partial charge < -0.3 is 19.6 Å². The second-order valence-electron chi connectivity index (χ2n) is 9.55. The molecule has 1 saturated heterocycles. The second-order valence-corrected chi connectivity index (χ2v) is 9.55. The Morgan fingerprint density at radius 2 is 2.09 bits per heavy atom. The minimum Gasteiger partial charge on any atom is -0.491 e. The summed E-state index contributed by atoms with van der Waals surface area (Å²) in [4.78, 5) is 19.2. The first kappa shape index (κ1) is 24.7. The molecule has 0 aliphatic carbocycles. The molecule has 184 valence electrons. The van der Waals surface area contributed by atoms with Gasteiger partial charge in [-0.25, -0.2) is 4.98 Å². The van der Waals surface area contributed by atoms with Gasteiger partial charge in [0.15, 0.2) is 0 Å². The molecule has 3 heterocycles. The molecule has 0 bridgehead atoms. The number of pyridine rings is 1. The summed E-state index contributed by atoms with van der Waals surface area (Å²) in [5.41, 5.74) is 3.53. The number of ether oxygens (including phenoxy) is 2. The predicted molar refractivity (Wildman–Crippen MR) is 136 cm³/mol. The maximum absolute atomic E-state index is 12.1. The number of nitrogens with zero attached hydrogens (tertiary/aromatic N) is 2. The number of para-hydroxylation sites is 1. The third-order valence-electron chi connectivity index (χ3n) is 7.12. The van der Waals surface area contributed by atoms with E-state index in [1.165, 1.54) is 43.4 Å². The number of aryl methyl sites for hydroxylation is 2. The fourth-order valence-corrected chi connectivity index (χ4v) is 5.22. The number of hydrogen-bond acceptors (Lipinski definition) is 6. The van der Waals surface area contributed by atoms with Gasteiger partial charge in [0, 0.05) is 31.5 Å². The van der Waals surface area contributed by atoms with Crippen molar-refractivity contribution in [2.45, 2.75) is 57.4 Å². The number of benzene rings is 1. The number of nitrogens with one attached hydrogen (secondary N) is 1. The van der Waals surface area contributed by atoms with Gasteiger partial charge in [0.1, 0.15) is 24.5 Å². The fourth-order valence-electron chi connectivity index (χ4n) is 5.22. The lowest BCUT2D eigenvalue weighted by molar-refractivity contribution is -0.112. The molecule has 0 unspecified atom stereocenters. The van der Waals surface area contributed by atoms with E-state index in [2.05, 4.69) is 22.3 Å². The normalized spacial score (nSPS) is 18.8. The number of aromatic nitrogens is 1. The van der Waals surface area contributed by atoms with Gasteiger partial charge in [0.05, 0.1) is 12.6 Å². The number of rotatable bonds is 13. The lowest BCUT2D eigenvalue weighted by Crippen LogP contribution is -2.28. The number of unbranched alkanes of at least 4 members (excludes halogenated alkanes) is 2. The summed E-state index contributed by atoms with van der Waals surface area (Å²) in [5.74, 6) is 2.55. The van der Waals surface area contributed by atoms with Gasteiger partial charge >= 0.3 is 0 Å². The highest BCUT2D eigenvalue weighted by Gasteiger charge is 2.30. The van der Waals surface area contributed by atoms with Crippen molar-refractivity contribution < 1.29 is 14.3 Å². The molecule has 0 spiro atoms. The van der Waals surface area contributed by atoms with E-state index in [-0.39, 0.29) is 6.04 Å². The van der Waals surface area contributed by atoms with Crippen LogP contribution in [-0.2, 0) is 22.4 Å². The molecule has 1 aromatic heterocycles. The van der Waals surface area contributed by atoms with Gasteiger partial charge in [0.2, 0.25) is 0 Å². The van der Waals surface area contributed by atoms with Crippen LogP contribution in [0.4, 0.5) is 5.82 Å². The van der Waals surface area contributed by atoms with Crippen LogP contribution in [-0.4, -0.2) is 56.1 Å². The number of hydrogen-bond donors (Lipinski definition) is 1. The molecule has 1 fully saturated rings. The maximum Gasteiger partial charge on any atom is 0.141 e. The predicted octanol–water partition coefficient (Wildman–Crippen LogP) is 4.83. The van der Waals surface area contributed by atoms with Gasteiger partial charge in [0.25, 0.3) is 0 Å². The molecule has 0 radical (unpaired) electrons. The van der Waals surface area contributed by atoms with E-state index in [9.17, 15) is 4.79 Å². The Kier molecular flexibility index (Phi) is 9.34. The van der Waals surface area contributed by atoms with Crippen LogP contribution >= 0.6 is 0 Å². The van der Waals surface area contributed by atoms with E-state index < -0.39 is 0 Å². The molecule has 0 amide bonds. The van der Waals surface area contributed by atoms with Crippen molar-refractivity contribution in [1.82, 2.24) is 9.88 Å². The number of fused-ring (bicyclic) bond motifs is 1. The largest absolute Gasteiger partial charge is 0.491 e. The Labute approximate surface area is 204 Å². The average Bonchev–Trinajstić information content (AvgIpc) is 3.34. The lowest BCUT2D eigenvalue weighted by Gasteiger charge is -2.25. The fraction of sp³-hybridized carbons (Fsp3) is 0.571. The van der Waals surface area contributed by atoms with Crippen LogP contribution in [0.25, 0.3) is 0 Å². The zero-order chi connectivity index (χ0) is 23.6. The summed E-state index contributed by atoms with van der Waals surface area (Å²) in [5, 5.41) is 3.43. The summed E-state index contributed by atoms with van der Waals surface area (Å²) in [7, 11) is 1.66. The highest BCUT2D eigenvalue weighted by molar-refractivity contribution is 5.64. The van der Waals surface area contributed by atoms with Crippen molar-refractivity contribution in [2.24, 2.45) is 5.92 Å². The molecule has 34 heavy (non-hydrogen) atoms. The summed E-state index contributed by atoms with van der Waals surface area (Å²) < 4.78 is 11.0. The molecule has 6 nitrogen and oxygen atoms in total. The van der Waals surface area contributed by atoms with Crippen LogP contribution in [0.5, 0.6) is 5.75 Å². The number of aldehydes is 1. The Bertz CT molecular complexity index is 920. The Morgan fingerprint density at radius 3 is 2.97 bits per heavy atom. The van der Waals surface area contributed by atoms with Gasteiger partial charge in [-0.3, -0.25) is 4.90 Å². The van der Waals surface area contributed by atoms with Gasteiger partial charge in [-0.15, -0.1) is 0 Å². The summed E-state index contributed by atoms with van der Waals surface area (Å²) in [6, 6.07) is 12.1. The topological polar surface area (TPSA) is 63.7 Å². The number of carbonyl (C=O) groups is 1. The Morgan fingerprint density at radius 1 is 1.18 bits per heavy atom. The minimum absolute atomic E-state index is 0.243. The SMILES string of the molecule is COCCOc1ccccc1[C@@H](C=O)N1CC[C@@H](CCCCCc2ccc3c(n2)NCCC3)C1. The van der Waals surface area contributed by atoms with Crippen LogP contribution < -0.4 is 10.1 Å². The molecular weight excluding hydrogens is 426 g/mol. The molecule has 6 heteroatoms. The van der Waals surface area contributed by atoms with Crippen molar-refractivity contribution in [3.8, 4) is 5.75 Å². The van der Waals surface area contributed by atoms with E-state index in [4.69, 9.17) is 14.5 Å².